The smallest absolute Gasteiger partial charge is 0.257 e. The van der Waals surface area contributed by atoms with Gasteiger partial charge in [-0.2, -0.15) is 5.10 Å². The summed E-state index contributed by atoms with van der Waals surface area (Å²) in [6, 6.07) is 20.6. The van der Waals surface area contributed by atoms with Gasteiger partial charge in [0.2, 0.25) is 0 Å². The van der Waals surface area contributed by atoms with Crippen molar-refractivity contribution in [2.45, 2.75) is 11.5 Å². The van der Waals surface area contributed by atoms with Gasteiger partial charge in [0.15, 0.2) is 9.84 Å². The van der Waals surface area contributed by atoms with E-state index < -0.39 is 9.84 Å². The van der Waals surface area contributed by atoms with Gasteiger partial charge in [-0.15, -0.1) is 0 Å². The highest BCUT2D eigenvalue weighted by Gasteiger charge is 2.33. The van der Waals surface area contributed by atoms with Gasteiger partial charge < -0.3 is 5.32 Å². The predicted molar refractivity (Wildman–Crippen MR) is 119 cm³/mol. The number of carbonyl (C=O) groups is 1. The van der Waals surface area contributed by atoms with Gasteiger partial charge in [0.05, 0.1) is 22.9 Å². The van der Waals surface area contributed by atoms with Crippen molar-refractivity contribution in [3.63, 3.8) is 0 Å². The van der Waals surface area contributed by atoms with E-state index in [2.05, 4.69) is 26.3 Å². The van der Waals surface area contributed by atoms with E-state index in [0.29, 0.717) is 22.6 Å². The average molecular weight is 482 g/mol. The molecule has 0 bridgehead atoms. The Morgan fingerprint density at radius 1 is 0.967 bits per heavy atom. The number of nitrogens with zero attached hydrogens (tertiary/aromatic N) is 2. The molecule has 30 heavy (non-hydrogen) atoms. The molecule has 4 aromatic rings. The number of hydrogen-bond donors (Lipinski definition) is 1. The molecule has 1 amide bonds. The summed E-state index contributed by atoms with van der Waals surface area (Å²) in [6.07, 6.45) is 0. The van der Waals surface area contributed by atoms with E-state index in [-0.39, 0.29) is 17.4 Å². The molecular weight excluding hydrogens is 466 g/mol. The summed E-state index contributed by atoms with van der Waals surface area (Å²) >= 11 is 3.41. The second-order valence-electron chi connectivity index (χ2n) is 7.18. The molecule has 1 aromatic heterocycles. The lowest BCUT2D eigenvalue weighted by atomic mass is 10.0. The van der Waals surface area contributed by atoms with Crippen molar-refractivity contribution < 1.29 is 13.2 Å². The minimum atomic E-state index is -3.26. The summed E-state index contributed by atoms with van der Waals surface area (Å²) < 4.78 is 26.8. The molecule has 0 unspecified atom stereocenters. The molecule has 5 rings (SSSR count). The van der Waals surface area contributed by atoms with Crippen molar-refractivity contribution in [2.24, 2.45) is 0 Å². The number of benzene rings is 3. The maximum atomic E-state index is 13.2. The van der Waals surface area contributed by atoms with Crippen LogP contribution in [0.3, 0.4) is 0 Å². The van der Waals surface area contributed by atoms with Gasteiger partial charge in [0.1, 0.15) is 5.82 Å². The summed E-state index contributed by atoms with van der Waals surface area (Å²) in [4.78, 5) is 13.2. The molecule has 8 heteroatoms. The summed E-state index contributed by atoms with van der Waals surface area (Å²) in [5.41, 5.74) is 2.28. The van der Waals surface area contributed by atoms with E-state index >= 15 is 0 Å². The zero-order chi connectivity index (χ0) is 20.9. The first kappa shape index (κ1) is 19.0. The van der Waals surface area contributed by atoms with Crippen molar-refractivity contribution in [2.75, 3.05) is 5.32 Å². The van der Waals surface area contributed by atoms with E-state index in [1.165, 1.54) is 0 Å². The quantitative estimate of drug-likeness (QED) is 0.467. The first-order valence-electron chi connectivity index (χ1n) is 9.27. The second-order valence-corrected chi connectivity index (χ2v) is 10.2. The molecule has 0 atom stereocenters. The molecule has 0 fully saturated rings. The van der Waals surface area contributed by atoms with E-state index in [1.807, 2.05) is 60.7 Å². The number of anilines is 1. The highest BCUT2D eigenvalue weighted by molar-refractivity contribution is 9.10. The van der Waals surface area contributed by atoms with Crippen LogP contribution in [0.25, 0.3) is 16.5 Å². The maximum absolute atomic E-state index is 13.2. The molecule has 1 aliphatic heterocycles. The second kappa shape index (κ2) is 7.07. The van der Waals surface area contributed by atoms with Gasteiger partial charge in [0, 0.05) is 15.6 Å². The fraction of sp³-hybridized carbons (Fsp3) is 0.0909. The van der Waals surface area contributed by atoms with Crippen LogP contribution in [0.5, 0.6) is 0 Å². The Bertz CT molecular complexity index is 1400. The Balaban J connectivity index is 1.61. The Morgan fingerprint density at radius 3 is 2.50 bits per heavy atom. The monoisotopic (exact) mass is 481 g/mol. The van der Waals surface area contributed by atoms with Gasteiger partial charge in [0.25, 0.3) is 5.91 Å². The third-order valence-electron chi connectivity index (χ3n) is 5.12. The van der Waals surface area contributed by atoms with E-state index in [9.17, 15) is 13.2 Å². The van der Waals surface area contributed by atoms with Crippen LogP contribution in [0, 0.1) is 0 Å². The number of rotatable bonds is 3. The number of nitrogens with one attached hydrogen (secondary N) is 1. The number of sulfone groups is 1. The maximum Gasteiger partial charge on any atom is 0.257 e. The summed E-state index contributed by atoms with van der Waals surface area (Å²) in [5.74, 6) is -0.170. The Hall–Kier alpha value is -2.97. The lowest BCUT2D eigenvalue weighted by Gasteiger charge is -2.12. The lowest BCUT2D eigenvalue weighted by molar-refractivity contribution is 0.102. The fourth-order valence-corrected chi connectivity index (χ4v) is 5.50. The average Bonchev–Trinajstić information content (AvgIpc) is 3.20. The van der Waals surface area contributed by atoms with Crippen LogP contribution >= 0.6 is 15.9 Å². The Labute approximate surface area is 181 Å². The first-order valence-corrected chi connectivity index (χ1v) is 11.9. The third kappa shape index (κ3) is 3.32. The van der Waals surface area contributed by atoms with Crippen molar-refractivity contribution >= 4 is 48.3 Å². The predicted octanol–water partition coefficient (Wildman–Crippen LogP) is 4.47. The van der Waals surface area contributed by atoms with Crippen LogP contribution in [0.1, 0.15) is 21.6 Å². The summed E-state index contributed by atoms with van der Waals surface area (Å²) in [6.45, 7) is 0. The lowest BCUT2D eigenvalue weighted by Crippen LogP contribution is -2.17. The topological polar surface area (TPSA) is 81.1 Å². The van der Waals surface area contributed by atoms with Crippen LogP contribution in [0.4, 0.5) is 5.82 Å². The Kier molecular flexibility index (Phi) is 4.48. The van der Waals surface area contributed by atoms with Gasteiger partial charge in [-0.25, -0.2) is 13.1 Å². The van der Waals surface area contributed by atoms with Crippen molar-refractivity contribution in [1.29, 1.82) is 0 Å². The molecule has 6 nitrogen and oxygen atoms in total. The molecule has 1 aliphatic rings. The Morgan fingerprint density at radius 2 is 1.70 bits per heavy atom. The number of carbonyl (C=O) groups excluding carboxylic acids is 1. The van der Waals surface area contributed by atoms with Crippen molar-refractivity contribution in [1.82, 2.24) is 9.78 Å². The van der Waals surface area contributed by atoms with Gasteiger partial charge >= 0.3 is 0 Å². The number of aromatic nitrogens is 2. The highest BCUT2D eigenvalue weighted by atomic mass is 79.9. The zero-order valence-electron chi connectivity index (χ0n) is 15.7. The van der Waals surface area contributed by atoms with Crippen LogP contribution in [-0.4, -0.2) is 24.1 Å². The van der Waals surface area contributed by atoms with Crippen molar-refractivity contribution in [3.05, 3.63) is 88.0 Å². The number of hydrogen-bond acceptors (Lipinski definition) is 4. The van der Waals surface area contributed by atoms with E-state index in [0.717, 1.165) is 20.9 Å². The molecule has 150 valence electrons. The minimum Gasteiger partial charge on any atom is -0.306 e. The number of halogens is 1. The van der Waals surface area contributed by atoms with Gasteiger partial charge in [-0.1, -0.05) is 52.3 Å². The zero-order valence-corrected chi connectivity index (χ0v) is 18.1. The molecule has 1 N–H and O–H groups in total. The normalized spacial score (nSPS) is 14.6. The van der Waals surface area contributed by atoms with Crippen LogP contribution in [0.2, 0.25) is 0 Å². The molecule has 0 aliphatic carbocycles. The van der Waals surface area contributed by atoms with Gasteiger partial charge in [-0.05, 0) is 41.1 Å². The molecule has 3 aromatic carbocycles. The van der Waals surface area contributed by atoms with E-state index in [1.54, 1.807) is 10.7 Å². The summed E-state index contributed by atoms with van der Waals surface area (Å²) in [7, 11) is -3.26. The van der Waals surface area contributed by atoms with Gasteiger partial charge in [-0.3, -0.25) is 4.79 Å². The summed E-state index contributed by atoms with van der Waals surface area (Å²) in [5, 5.41) is 9.23. The fourth-order valence-electron chi connectivity index (χ4n) is 3.74. The molecule has 2 heterocycles. The molecular formula is C22H16BrN3O3S. The molecule has 0 saturated carbocycles. The van der Waals surface area contributed by atoms with E-state index in [4.69, 9.17) is 0 Å². The molecule has 0 radical (unpaired) electrons. The number of fused-ring (bicyclic) bond motifs is 2. The van der Waals surface area contributed by atoms with Crippen molar-refractivity contribution in [3.8, 4) is 5.69 Å². The minimum absolute atomic E-state index is 0.122. The largest absolute Gasteiger partial charge is 0.306 e. The van der Waals surface area contributed by atoms with Crippen LogP contribution in [0.15, 0.2) is 71.2 Å². The standard InChI is InChI=1S/C22H16BrN3O3S/c23-15-8-10-16(11-9-15)26-21(19-12-30(28,29)13-20(19)25-26)24-22(27)18-7-3-5-14-4-1-2-6-17(14)18/h1-11H,12-13H2,(H,24,27). The highest BCUT2D eigenvalue weighted by Crippen LogP contribution is 2.33. The molecule has 0 spiro atoms. The molecule has 0 saturated heterocycles. The third-order valence-corrected chi connectivity index (χ3v) is 7.10. The first-order chi connectivity index (χ1) is 14.4. The van der Waals surface area contributed by atoms with Crippen LogP contribution in [-0.2, 0) is 21.3 Å². The van der Waals surface area contributed by atoms with Crippen LogP contribution < -0.4 is 5.32 Å². The SMILES string of the molecule is O=C(Nc1c2c(nn1-c1ccc(Br)cc1)CS(=O)(=O)C2)c1cccc2ccccc12. The number of amides is 1.